The number of nitrogens with zero attached hydrogens (tertiary/aromatic N) is 1. The molecular formula is C16H19FN2S. The number of pyridine rings is 1. The van der Waals surface area contributed by atoms with Gasteiger partial charge in [0, 0.05) is 17.1 Å². The van der Waals surface area contributed by atoms with Gasteiger partial charge in [-0.25, -0.2) is 9.37 Å². The van der Waals surface area contributed by atoms with E-state index >= 15 is 0 Å². The van der Waals surface area contributed by atoms with E-state index in [4.69, 9.17) is 0 Å². The van der Waals surface area contributed by atoms with Crippen LogP contribution in [-0.4, -0.2) is 11.5 Å². The maximum Gasteiger partial charge on any atom is 0.126 e. The third-order valence-electron chi connectivity index (χ3n) is 3.12. The highest BCUT2D eigenvalue weighted by Crippen LogP contribution is 2.33. The molecule has 1 aromatic carbocycles. The number of aryl methyl sites for hydroxylation is 1. The van der Waals surface area contributed by atoms with E-state index < -0.39 is 0 Å². The van der Waals surface area contributed by atoms with Crippen molar-refractivity contribution in [3.63, 3.8) is 0 Å². The van der Waals surface area contributed by atoms with Crippen LogP contribution < -0.4 is 5.32 Å². The molecule has 2 nitrogen and oxygen atoms in total. The Morgan fingerprint density at radius 1 is 1.35 bits per heavy atom. The van der Waals surface area contributed by atoms with Gasteiger partial charge in [0.15, 0.2) is 0 Å². The second-order valence-corrected chi connectivity index (χ2v) is 5.75. The van der Waals surface area contributed by atoms with Crippen molar-refractivity contribution in [3.8, 4) is 0 Å². The molecule has 0 aliphatic carbocycles. The molecular weight excluding hydrogens is 271 g/mol. The summed E-state index contributed by atoms with van der Waals surface area (Å²) in [5.74, 6) is -0.157. The monoisotopic (exact) mass is 290 g/mol. The van der Waals surface area contributed by atoms with Gasteiger partial charge in [0.05, 0.1) is 0 Å². The van der Waals surface area contributed by atoms with Gasteiger partial charge in [0.2, 0.25) is 0 Å². The molecule has 0 saturated carbocycles. The van der Waals surface area contributed by atoms with E-state index in [1.54, 1.807) is 30.9 Å². The zero-order chi connectivity index (χ0) is 14.5. The number of rotatable bonds is 5. The summed E-state index contributed by atoms with van der Waals surface area (Å²) < 4.78 is 13.8. The highest BCUT2D eigenvalue weighted by Gasteiger charge is 2.14. The molecule has 0 radical (unpaired) electrons. The van der Waals surface area contributed by atoms with Crippen molar-refractivity contribution in [1.29, 1.82) is 0 Å². The van der Waals surface area contributed by atoms with Gasteiger partial charge in [0.25, 0.3) is 0 Å². The minimum absolute atomic E-state index is 0.112. The average molecular weight is 290 g/mol. The highest BCUT2D eigenvalue weighted by molar-refractivity contribution is 7.99. The zero-order valence-electron chi connectivity index (χ0n) is 12.0. The molecule has 20 heavy (non-hydrogen) atoms. The first-order valence-corrected chi connectivity index (χ1v) is 7.55. The maximum atomic E-state index is 13.8. The molecule has 0 aliphatic heterocycles. The standard InChI is InChI=1S/C16H19FN2S/c1-4-18-12(3)13-10-14(17)11(2)9-15(13)20-16-7-5-6-8-19-16/h5-10,12,18H,4H2,1-3H3. The smallest absolute Gasteiger partial charge is 0.126 e. The number of halogens is 1. The van der Waals surface area contributed by atoms with Crippen molar-refractivity contribution in [2.45, 2.75) is 36.7 Å². The Balaban J connectivity index is 2.37. The van der Waals surface area contributed by atoms with E-state index in [1.807, 2.05) is 31.2 Å². The van der Waals surface area contributed by atoms with Crippen LogP contribution in [0.25, 0.3) is 0 Å². The summed E-state index contributed by atoms with van der Waals surface area (Å²) >= 11 is 1.57. The summed E-state index contributed by atoms with van der Waals surface area (Å²) in [6.07, 6.45) is 1.77. The normalized spacial score (nSPS) is 12.4. The van der Waals surface area contributed by atoms with E-state index in [2.05, 4.69) is 17.2 Å². The molecule has 0 fully saturated rings. The van der Waals surface area contributed by atoms with Crippen LogP contribution in [0, 0.1) is 12.7 Å². The van der Waals surface area contributed by atoms with Crippen LogP contribution >= 0.6 is 11.8 Å². The van der Waals surface area contributed by atoms with Crippen LogP contribution in [0.1, 0.15) is 31.0 Å². The fourth-order valence-electron chi connectivity index (χ4n) is 2.03. The number of aromatic nitrogens is 1. The van der Waals surface area contributed by atoms with Gasteiger partial charge in [-0.15, -0.1) is 0 Å². The molecule has 4 heteroatoms. The van der Waals surface area contributed by atoms with Crippen LogP contribution in [0.15, 0.2) is 46.5 Å². The summed E-state index contributed by atoms with van der Waals surface area (Å²) in [5.41, 5.74) is 1.64. The van der Waals surface area contributed by atoms with Crippen LogP contribution in [0.3, 0.4) is 0 Å². The van der Waals surface area contributed by atoms with Crippen LogP contribution in [0.4, 0.5) is 4.39 Å². The summed E-state index contributed by atoms with van der Waals surface area (Å²) in [6.45, 7) is 6.74. The van der Waals surface area contributed by atoms with Gasteiger partial charge >= 0.3 is 0 Å². The molecule has 106 valence electrons. The molecule has 1 atom stereocenters. The van der Waals surface area contributed by atoms with Crippen molar-refractivity contribution in [1.82, 2.24) is 10.3 Å². The van der Waals surface area contributed by atoms with Crippen LogP contribution in [0.5, 0.6) is 0 Å². The summed E-state index contributed by atoms with van der Waals surface area (Å²) in [5, 5.41) is 4.25. The Hall–Kier alpha value is -1.39. The molecule has 0 spiro atoms. The summed E-state index contributed by atoms with van der Waals surface area (Å²) in [6, 6.07) is 9.46. The van der Waals surface area contributed by atoms with Gasteiger partial charge in [0.1, 0.15) is 10.8 Å². The van der Waals surface area contributed by atoms with E-state index in [9.17, 15) is 4.39 Å². The minimum atomic E-state index is -0.157. The van der Waals surface area contributed by atoms with Crippen molar-refractivity contribution in [3.05, 3.63) is 53.5 Å². The Morgan fingerprint density at radius 2 is 2.15 bits per heavy atom. The van der Waals surface area contributed by atoms with Gasteiger partial charge in [-0.2, -0.15) is 0 Å². The molecule has 0 amide bonds. The third-order valence-corrected chi connectivity index (χ3v) is 4.14. The van der Waals surface area contributed by atoms with Crippen molar-refractivity contribution >= 4 is 11.8 Å². The Labute approximate surface area is 123 Å². The molecule has 1 aromatic heterocycles. The number of hydrogen-bond acceptors (Lipinski definition) is 3. The van der Waals surface area contributed by atoms with E-state index in [1.165, 1.54) is 0 Å². The molecule has 2 rings (SSSR count). The molecule has 1 heterocycles. The quantitative estimate of drug-likeness (QED) is 0.886. The Kier molecular flexibility index (Phi) is 5.15. The van der Waals surface area contributed by atoms with Crippen LogP contribution in [-0.2, 0) is 0 Å². The Morgan fingerprint density at radius 3 is 2.80 bits per heavy atom. The Bertz CT molecular complexity index is 572. The lowest BCUT2D eigenvalue weighted by Crippen LogP contribution is -2.18. The van der Waals surface area contributed by atoms with Crippen molar-refractivity contribution in [2.24, 2.45) is 0 Å². The molecule has 0 aliphatic rings. The first kappa shape index (κ1) is 15.0. The van der Waals surface area contributed by atoms with Crippen molar-refractivity contribution in [2.75, 3.05) is 6.54 Å². The largest absolute Gasteiger partial charge is 0.310 e. The van der Waals surface area contributed by atoms with E-state index in [0.717, 1.165) is 22.0 Å². The van der Waals surface area contributed by atoms with Gasteiger partial charge in [-0.3, -0.25) is 0 Å². The lowest BCUT2D eigenvalue weighted by molar-refractivity contribution is 0.571. The highest BCUT2D eigenvalue weighted by atomic mass is 32.2. The predicted octanol–water partition coefficient (Wildman–Crippen LogP) is 4.35. The second kappa shape index (κ2) is 6.86. The van der Waals surface area contributed by atoms with E-state index in [0.29, 0.717) is 5.56 Å². The summed E-state index contributed by atoms with van der Waals surface area (Å²) in [7, 11) is 0. The number of hydrogen-bond donors (Lipinski definition) is 1. The maximum absolute atomic E-state index is 13.8. The fourth-order valence-corrected chi connectivity index (χ4v) is 3.11. The zero-order valence-corrected chi connectivity index (χ0v) is 12.8. The first-order chi connectivity index (χ1) is 9.61. The molecule has 1 N–H and O–H groups in total. The minimum Gasteiger partial charge on any atom is -0.310 e. The van der Waals surface area contributed by atoms with Gasteiger partial charge in [-0.1, -0.05) is 24.8 Å². The first-order valence-electron chi connectivity index (χ1n) is 6.74. The van der Waals surface area contributed by atoms with Crippen molar-refractivity contribution < 1.29 is 4.39 Å². The lowest BCUT2D eigenvalue weighted by atomic mass is 10.1. The van der Waals surface area contributed by atoms with Gasteiger partial charge in [-0.05, 0) is 55.8 Å². The molecule has 2 aromatic rings. The second-order valence-electron chi connectivity index (χ2n) is 4.69. The van der Waals surface area contributed by atoms with E-state index in [-0.39, 0.29) is 11.9 Å². The average Bonchev–Trinajstić information content (AvgIpc) is 2.44. The summed E-state index contributed by atoms with van der Waals surface area (Å²) in [4.78, 5) is 5.37. The molecule has 1 unspecified atom stereocenters. The topological polar surface area (TPSA) is 24.9 Å². The third kappa shape index (κ3) is 3.58. The molecule has 0 saturated heterocycles. The predicted molar refractivity (Wildman–Crippen MR) is 81.6 cm³/mol. The number of nitrogens with one attached hydrogen (secondary N) is 1. The SMILES string of the molecule is CCNC(C)c1cc(F)c(C)cc1Sc1ccccn1. The number of benzene rings is 1. The molecule has 0 bridgehead atoms. The van der Waals surface area contributed by atoms with Crippen LogP contribution in [0.2, 0.25) is 0 Å². The van der Waals surface area contributed by atoms with Gasteiger partial charge < -0.3 is 5.32 Å². The lowest BCUT2D eigenvalue weighted by Gasteiger charge is -2.18. The fraction of sp³-hybridized carbons (Fsp3) is 0.312.